The van der Waals surface area contributed by atoms with Gasteiger partial charge in [0.15, 0.2) is 6.10 Å². The summed E-state index contributed by atoms with van der Waals surface area (Å²) >= 11 is 0. The number of rotatable bonds is 7. The van der Waals surface area contributed by atoms with Crippen LogP contribution in [0, 0.1) is 10.1 Å². The third-order valence-corrected chi connectivity index (χ3v) is 3.71. The van der Waals surface area contributed by atoms with Gasteiger partial charge in [-0.1, -0.05) is 18.2 Å². The number of nitrogens with zero attached hydrogens (tertiary/aromatic N) is 1. The number of nitro groups is 1. The summed E-state index contributed by atoms with van der Waals surface area (Å²) < 4.78 is 16.4. The second-order valence-electron chi connectivity index (χ2n) is 5.82. The number of esters is 1. The minimum absolute atomic E-state index is 0.0816. The first-order valence-electron chi connectivity index (χ1n) is 8.47. The smallest absolute Gasteiger partial charge is 0.352 e. The molecular formula is C21H17NO6. The molecule has 0 amide bonds. The largest absolute Gasteiger partial charge is 0.479 e. The molecule has 0 fully saturated rings. The van der Waals surface area contributed by atoms with E-state index in [0.29, 0.717) is 11.5 Å². The van der Waals surface area contributed by atoms with Gasteiger partial charge in [0.25, 0.3) is 5.69 Å². The molecule has 0 heterocycles. The molecule has 1 atom stereocenters. The fourth-order valence-electron chi connectivity index (χ4n) is 2.30. The monoisotopic (exact) mass is 379 g/mol. The minimum Gasteiger partial charge on any atom is -0.479 e. The number of benzene rings is 3. The Balaban J connectivity index is 1.55. The number of hydrogen-bond acceptors (Lipinski definition) is 6. The average Bonchev–Trinajstić information content (AvgIpc) is 2.70. The predicted molar refractivity (Wildman–Crippen MR) is 102 cm³/mol. The number of para-hydroxylation sites is 1. The maximum atomic E-state index is 12.1. The first-order chi connectivity index (χ1) is 13.5. The summed E-state index contributed by atoms with van der Waals surface area (Å²) in [6.45, 7) is 1.56. The SMILES string of the molecule is CC(Oc1ccc(Oc2ccccc2)cc1)C(=O)Oc1ccc([N+](=O)[O-])cc1. The molecule has 142 valence electrons. The van der Waals surface area contributed by atoms with Gasteiger partial charge in [0, 0.05) is 12.1 Å². The summed E-state index contributed by atoms with van der Waals surface area (Å²) in [5.74, 6) is 1.43. The van der Waals surface area contributed by atoms with Crippen molar-refractivity contribution in [3.63, 3.8) is 0 Å². The van der Waals surface area contributed by atoms with Crippen molar-refractivity contribution in [1.29, 1.82) is 0 Å². The van der Waals surface area contributed by atoms with Crippen molar-refractivity contribution in [1.82, 2.24) is 0 Å². The van der Waals surface area contributed by atoms with Crippen molar-refractivity contribution < 1.29 is 23.9 Å². The van der Waals surface area contributed by atoms with Crippen LogP contribution in [0.4, 0.5) is 5.69 Å². The van der Waals surface area contributed by atoms with Gasteiger partial charge < -0.3 is 14.2 Å². The zero-order chi connectivity index (χ0) is 19.9. The fraction of sp³-hybridized carbons (Fsp3) is 0.0952. The Morgan fingerprint density at radius 2 is 1.36 bits per heavy atom. The molecule has 0 aliphatic heterocycles. The lowest BCUT2D eigenvalue weighted by molar-refractivity contribution is -0.384. The molecule has 0 saturated carbocycles. The van der Waals surface area contributed by atoms with Crippen LogP contribution in [-0.2, 0) is 4.79 Å². The van der Waals surface area contributed by atoms with Crippen LogP contribution >= 0.6 is 0 Å². The Morgan fingerprint density at radius 1 is 0.821 bits per heavy atom. The molecule has 0 bridgehead atoms. The van der Waals surface area contributed by atoms with E-state index in [1.165, 1.54) is 24.3 Å². The zero-order valence-corrected chi connectivity index (χ0v) is 15.0. The van der Waals surface area contributed by atoms with Crippen LogP contribution in [0.5, 0.6) is 23.0 Å². The van der Waals surface area contributed by atoms with Gasteiger partial charge in [-0.2, -0.15) is 0 Å². The van der Waals surface area contributed by atoms with Crippen LogP contribution in [0.3, 0.4) is 0 Å². The van der Waals surface area contributed by atoms with E-state index in [1.807, 2.05) is 30.3 Å². The molecule has 7 heteroatoms. The lowest BCUT2D eigenvalue weighted by Crippen LogP contribution is -2.28. The van der Waals surface area contributed by atoms with Crippen LogP contribution in [0.2, 0.25) is 0 Å². The molecule has 0 radical (unpaired) electrons. The van der Waals surface area contributed by atoms with Gasteiger partial charge in [0.1, 0.15) is 23.0 Å². The van der Waals surface area contributed by atoms with Gasteiger partial charge in [0.2, 0.25) is 0 Å². The van der Waals surface area contributed by atoms with Gasteiger partial charge >= 0.3 is 5.97 Å². The molecule has 3 aromatic carbocycles. The van der Waals surface area contributed by atoms with Crippen molar-refractivity contribution in [3.8, 4) is 23.0 Å². The summed E-state index contributed by atoms with van der Waals surface area (Å²) in [7, 11) is 0. The van der Waals surface area contributed by atoms with Crippen molar-refractivity contribution in [2.24, 2.45) is 0 Å². The van der Waals surface area contributed by atoms with Crippen LogP contribution in [-0.4, -0.2) is 17.0 Å². The molecule has 3 aromatic rings. The number of hydrogen-bond donors (Lipinski definition) is 0. The van der Waals surface area contributed by atoms with E-state index < -0.39 is 17.0 Å². The molecule has 0 aliphatic carbocycles. The summed E-state index contributed by atoms with van der Waals surface area (Å²) in [5, 5.41) is 10.6. The van der Waals surface area contributed by atoms with Gasteiger partial charge in [0.05, 0.1) is 4.92 Å². The number of carbonyl (C=O) groups excluding carboxylic acids is 1. The van der Waals surface area contributed by atoms with Gasteiger partial charge in [-0.05, 0) is 55.5 Å². The molecule has 1 unspecified atom stereocenters. The molecule has 0 aliphatic rings. The molecule has 0 saturated heterocycles. The summed E-state index contributed by atoms with van der Waals surface area (Å²) in [4.78, 5) is 22.3. The standard InChI is InChI=1S/C21H17NO6/c1-15(21(23)28-20-9-7-16(8-10-20)22(24)25)26-18-11-13-19(14-12-18)27-17-5-3-2-4-6-17/h2-15H,1H3. The second kappa shape index (κ2) is 8.68. The van der Waals surface area contributed by atoms with Crippen molar-refractivity contribution >= 4 is 11.7 Å². The number of nitro benzene ring substituents is 1. The molecular weight excluding hydrogens is 362 g/mol. The molecule has 3 rings (SSSR count). The Bertz CT molecular complexity index is 939. The molecule has 0 spiro atoms. The first-order valence-corrected chi connectivity index (χ1v) is 8.47. The lowest BCUT2D eigenvalue weighted by Gasteiger charge is -2.14. The topological polar surface area (TPSA) is 87.9 Å². The number of carbonyl (C=O) groups is 1. The van der Waals surface area contributed by atoms with Crippen LogP contribution in [0.25, 0.3) is 0 Å². The predicted octanol–water partition coefficient (Wildman–Crippen LogP) is 4.76. The first kappa shape index (κ1) is 18.9. The van der Waals surface area contributed by atoms with Crippen molar-refractivity contribution in [2.45, 2.75) is 13.0 Å². The molecule has 0 N–H and O–H groups in total. The summed E-state index contributed by atoms with van der Waals surface area (Å²) in [6, 6.07) is 21.4. The van der Waals surface area contributed by atoms with Gasteiger partial charge in [-0.15, -0.1) is 0 Å². The maximum Gasteiger partial charge on any atom is 0.352 e. The van der Waals surface area contributed by atoms with Crippen LogP contribution in [0.15, 0.2) is 78.9 Å². The van der Waals surface area contributed by atoms with Crippen LogP contribution in [0.1, 0.15) is 6.92 Å². The lowest BCUT2D eigenvalue weighted by atomic mass is 10.3. The van der Waals surface area contributed by atoms with Crippen molar-refractivity contribution in [3.05, 3.63) is 89.0 Å². The highest BCUT2D eigenvalue weighted by molar-refractivity contribution is 5.77. The highest BCUT2D eigenvalue weighted by Crippen LogP contribution is 2.24. The zero-order valence-electron chi connectivity index (χ0n) is 15.0. The highest BCUT2D eigenvalue weighted by Gasteiger charge is 2.18. The average molecular weight is 379 g/mol. The molecule has 7 nitrogen and oxygen atoms in total. The van der Waals surface area contributed by atoms with E-state index >= 15 is 0 Å². The summed E-state index contributed by atoms with van der Waals surface area (Å²) in [6.07, 6.45) is -0.865. The van der Waals surface area contributed by atoms with E-state index in [0.717, 1.165) is 5.75 Å². The molecule has 28 heavy (non-hydrogen) atoms. The van der Waals surface area contributed by atoms with Crippen LogP contribution < -0.4 is 14.2 Å². The van der Waals surface area contributed by atoms with Gasteiger partial charge in [-0.3, -0.25) is 10.1 Å². The number of ether oxygens (including phenoxy) is 3. The van der Waals surface area contributed by atoms with E-state index in [9.17, 15) is 14.9 Å². The Morgan fingerprint density at radius 3 is 1.96 bits per heavy atom. The second-order valence-corrected chi connectivity index (χ2v) is 5.82. The fourth-order valence-corrected chi connectivity index (χ4v) is 2.30. The maximum absolute atomic E-state index is 12.1. The van der Waals surface area contributed by atoms with Crippen molar-refractivity contribution in [2.75, 3.05) is 0 Å². The Kier molecular flexibility index (Phi) is 5.86. The quantitative estimate of drug-likeness (QED) is 0.254. The Hall–Kier alpha value is -3.87. The number of non-ortho nitro benzene ring substituents is 1. The van der Waals surface area contributed by atoms with E-state index in [4.69, 9.17) is 14.2 Å². The van der Waals surface area contributed by atoms with E-state index in [2.05, 4.69) is 0 Å². The van der Waals surface area contributed by atoms with E-state index in [1.54, 1.807) is 31.2 Å². The highest BCUT2D eigenvalue weighted by atomic mass is 16.6. The third-order valence-electron chi connectivity index (χ3n) is 3.71. The third kappa shape index (κ3) is 5.07. The molecule has 0 aromatic heterocycles. The van der Waals surface area contributed by atoms with Gasteiger partial charge in [-0.25, -0.2) is 4.79 Å². The minimum atomic E-state index is -0.865. The Labute approximate surface area is 161 Å². The van der Waals surface area contributed by atoms with E-state index in [-0.39, 0.29) is 11.4 Å². The summed E-state index contributed by atoms with van der Waals surface area (Å²) in [5.41, 5.74) is -0.0816. The normalized spacial score (nSPS) is 11.3.